The van der Waals surface area contributed by atoms with Gasteiger partial charge in [-0.2, -0.15) is 0 Å². The van der Waals surface area contributed by atoms with Gasteiger partial charge in [0.15, 0.2) is 11.5 Å². The zero-order valence-corrected chi connectivity index (χ0v) is 14.8. The van der Waals surface area contributed by atoms with Crippen LogP contribution in [0.25, 0.3) is 0 Å². The van der Waals surface area contributed by atoms with Crippen LogP contribution in [0.3, 0.4) is 0 Å². The second-order valence-electron chi connectivity index (χ2n) is 6.39. The fraction of sp³-hybridized carbons (Fsp3) is 0.529. The predicted octanol–water partition coefficient (Wildman–Crippen LogP) is 3.25. The normalized spacial score (nSPS) is 11.1. The number of carboxylic acids is 1. The summed E-state index contributed by atoms with van der Waals surface area (Å²) in [6.45, 7) is 7.38. The number of ether oxygens (including phenoxy) is 2. The van der Waals surface area contributed by atoms with Crippen LogP contribution in [0.1, 0.15) is 40.5 Å². The molecule has 134 valence electrons. The van der Waals surface area contributed by atoms with E-state index in [0.29, 0.717) is 23.6 Å². The summed E-state index contributed by atoms with van der Waals surface area (Å²) in [5, 5.41) is 14.2. The smallest absolute Gasteiger partial charge is 0.319 e. The molecule has 0 aliphatic rings. The Balaban J connectivity index is 2.71. The number of carbonyl (C=O) groups is 2. The van der Waals surface area contributed by atoms with E-state index in [1.54, 1.807) is 32.0 Å². The Morgan fingerprint density at radius 2 is 1.92 bits per heavy atom. The van der Waals surface area contributed by atoms with E-state index in [2.05, 4.69) is 10.6 Å². The lowest BCUT2D eigenvalue weighted by molar-refractivity contribution is -0.137. The number of amides is 2. The van der Waals surface area contributed by atoms with E-state index in [-0.39, 0.29) is 12.5 Å². The fourth-order valence-electron chi connectivity index (χ4n) is 2.05. The number of aliphatic carboxylic acids is 1. The van der Waals surface area contributed by atoms with Crippen molar-refractivity contribution in [1.29, 1.82) is 0 Å². The van der Waals surface area contributed by atoms with E-state index in [1.165, 1.54) is 7.11 Å². The van der Waals surface area contributed by atoms with Crippen molar-refractivity contribution in [2.45, 2.75) is 52.2 Å². The van der Waals surface area contributed by atoms with Gasteiger partial charge in [0.25, 0.3) is 0 Å². The maximum Gasteiger partial charge on any atom is 0.319 e. The van der Waals surface area contributed by atoms with Gasteiger partial charge in [-0.05, 0) is 46.2 Å². The lowest BCUT2D eigenvalue weighted by atomic mass is 9.99. The molecule has 1 rings (SSSR count). The van der Waals surface area contributed by atoms with Crippen molar-refractivity contribution in [3.63, 3.8) is 0 Å². The summed E-state index contributed by atoms with van der Waals surface area (Å²) in [5.41, 5.74) is -0.0812. The summed E-state index contributed by atoms with van der Waals surface area (Å²) in [6.07, 6.45) is 0.332. The van der Waals surface area contributed by atoms with Crippen molar-refractivity contribution in [3.05, 3.63) is 18.2 Å². The third kappa shape index (κ3) is 6.76. The van der Waals surface area contributed by atoms with Crippen molar-refractivity contribution < 1.29 is 24.2 Å². The maximum absolute atomic E-state index is 12.1. The predicted molar refractivity (Wildman–Crippen MR) is 91.9 cm³/mol. The van der Waals surface area contributed by atoms with Crippen LogP contribution in [-0.2, 0) is 4.79 Å². The molecule has 24 heavy (non-hydrogen) atoms. The third-order valence-corrected chi connectivity index (χ3v) is 3.20. The molecule has 0 aromatic heterocycles. The Hall–Kier alpha value is -2.44. The summed E-state index contributed by atoms with van der Waals surface area (Å²) in [5.74, 6) is 0.225. The SMILES string of the molecule is COc1cc(NC(=O)NC(C)(C)CCC(=O)O)ccc1OC(C)C. The van der Waals surface area contributed by atoms with Gasteiger partial charge < -0.3 is 25.2 Å². The number of carboxylic acid groups (broad SMARTS) is 1. The van der Waals surface area contributed by atoms with Gasteiger partial charge >= 0.3 is 12.0 Å². The Bertz CT molecular complexity index is 584. The summed E-state index contributed by atoms with van der Waals surface area (Å²) in [6, 6.07) is 4.69. The first-order valence-corrected chi connectivity index (χ1v) is 7.78. The molecule has 0 fully saturated rings. The molecular weight excluding hydrogens is 312 g/mol. The van der Waals surface area contributed by atoms with Crippen molar-refractivity contribution in [2.75, 3.05) is 12.4 Å². The Morgan fingerprint density at radius 3 is 2.46 bits per heavy atom. The number of hydrogen-bond donors (Lipinski definition) is 3. The molecule has 7 heteroatoms. The summed E-state index contributed by atoms with van der Waals surface area (Å²) < 4.78 is 10.9. The van der Waals surface area contributed by atoms with Gasteiger partial charge in [-0.25, -0.2) is 4.79 Å². The first-order valence-electron chi connectivity index (χ1n) is 7.78. The van der Waals surface area contributed by atoms with Gasteiger partial charge in [-0.3, -0.25) is 4.79 Å². The van der Waals surface area contributed by atoms with Crippen molar-refractivity contribution in [3.8, 4) is 11.5 Å². The number of urea groups is 1. The van der Waals surface area contributed by atoms with Crippen LogP contribution in [0, 0.1) is 0 Å². The first-order chi connectivity index (χ1) is 11.1. The first kappa shape index (κ1) is 19.6. The molecule has 2 amide bonds. The summed E-state index contributed by atoms with van der Waals surface area (Å²) in [4.78, 5) is 22.7. The minimum absolute atomic E-state index is 0.0102. The summed E-state index contributed by atoms with van der Waals surface area (Å²) in [7, 11) is 1.53. The van der Waals surface area contributed by atoms with Gasteiger partial charge in [0.2, 0.25) is 0 Å². The number of carbonyl (C=O) groups excluding carboxylic acids is 1. The number of rotatable bonds is 8. The molecule has 7 nitrogen and oxygen atoms in total. The molecule has 0 aliphatic carbocycles. The molecule has 3 N–H and O–H groups in total. The molecule has 1 aromatic rings. The fourth-order valence-corrected chi connectivity index (χ4v) is 2.05. The Kier molecular flexibility index (Phi) is 6.88. The van der Waals surface area contributed by atoms with Gasteiger partial charge in [-0.1, -0.05) is 0 Å². The molecule has 0 saturated heterocycles. The van der Waals surface area contributed by atoms with Crippen molar-refractivity contribution >= 4 is 17.7 Å². The minimum Gasteiger partial charge on any atom is -0.493 e. The van der Waals surface area contributed by atoms with Crippen LogP contribution in [0.2, 0.25) is 0 Å². The minimum atomic E-state index is -0.893. The van der Waals surface area contributed by atoms with Crippen LogP contribution >= 0.6 is 0 Å². The van der Waals surface area contributed by atoms with Crippen LogP contribution in [0.15, 0.2) is 18.2 Å². The van der Waals surface area contributed by atoms with Crippen LogP contribution in [0.5, 0.6) is 11.5 Å². The number of nitrogens with one attached hydrogen (secondary N) is 2. The van der Waals surface area contributed by atoms with Crippen molar-refractivity contribution in [1.82, 2.24) is 5.32 Å². The zero-order chi connectivity index (χ0) is 18.3. The summed E-state index contributed by atoms with van der Waals surface area (Å²) >= 11 is 0. The number of anilines is 1. The molecule has 0 unspecified atom stereocenters. The van der Waals surface area contributed by atoms with E-state index in [1.807, 2.05) is 13.8 Å². The van der Waals surface area contributed by atoms with E-state index in [0.717, 1.165) is 0 Å². The van der Waals surface area contributed by atoms with E-state index in [4.69, 9.17) is 14.6 Å². The van der Waals surface area contributed by atoms with E-state index in [9.17, 15) is 9.59 Å². The van der Waals surface area contributed by atoms with Gasteiger partial charge in [0.1, 0.15) is 0 Å². The standard InChI is InChI=1S/C17H26N2O5/c1-11(2)24-13-7-6-12(10-14(13)23-5)18-16(22)19-17(3,4)9-8-15(20)21/h6-7,10-11H,8-9H2,1-5H3,(H,20,21)(H2,18,19,22). The molecule has 0 saturated carbocycles. The highest BCUT2D eigenvalue weighted by atomic mass is 16.5. The molecule has 0 radical (unpaired) electrons. The van der Waals surface area contributed by atoms with Gasteiger partial charge in [-0.15, -0.1) is 0 Å². The van der Waals surface area contributed by atoms with E-state index < -0.39 is 17.5 Å². The topological polar surface area (TPSA) is 96.9 Å². The van der Waals surface area contributed by atoms with Gasteiger partial charge in [0, 0.05) is 23.7 Å². The average molecular weight is 338 g/mol. The molecule has 1 aromatic carbocycles. The Morgan fingerprint density at radius 1 is 1.25 bits per heavy atom. The second kappa shape index (κ2) is 8.42. The molecule has 0 aliphatic heterocycles. The highest BCUT2D eigenvalue weighted by Gasteiger charge is 2.21. The van der Waals surface area contributed by atoms with Crippen molar-refractivity contribution in [2.24, 2.45) is 0 Å². The molecule has 0 bridgehead atoms. The number of hydrogen-bond acceptors (Lipinski definition) is 4. The van der Waals surface area contributed by atoms with Gasteiger partial charge in [0.05, 0.1) is 13.2 Å². The number of methoxy groups -OCH3 is 1. The molecular formula is C17H26N2O5. The monoisotopic (exact) mass is 338 g/mol. The molecule has 0 atom stereocenters. The second-order valence-corrected chi connectivity index (χ2v) is 6.39. The molecule has 0 spiro atoms. The largest absolute Gasteiger partial charge is 0.493 e. The lowest BCUT2D eigenvalue weighted by Crippen LogP contribution is -2.45. The highest BCUT2D eigenvalue weighted by Crippen LogP contribution is 2.31. The van der Waals surface area contributed by atoms with Crippen LogP contribution in [0.4, 0.5) is 10.5 Å². The zero-order valence-electron chi connectivity index (χ0n) is 14.8. The lowest BCUT2D eigenvalue weighted by Gasteiger charge is -2.25. The van der Waals surface area contributed by atoms with E-state index >= 15 is 0 Å². The highest BCUT2D eigenvalue weighted by molar-refractivity contribution is 5.90. The third-order valence-electron chi connectivity index (χ3n) is 3.20. The van der Waals surface area contributed by atoms with Crippen LogP contribution < -0.4 is 20.1 Å². The Labute approximate surface area is 142 Å². The van der Waals surface area contributed by atoms with Crippen LogP contribution in [-0.4, -0.2) is 35.9 Å². The molecule has 0 heterocycles. The maximum atomic E-state index is 12.1. The number of benzene rings is 1. The average Bonchev–Trinajstić information content (AvgIpc) is 2.45. The quantitative estimate of drug-likeness (QED) is 0.676.